The van der Waals surface area contributed by atoms with E-state index < -0.39 is 17.2 Å². The van der Waals surface area contributed by atoms with E-state index in [1.165, 1.54) is 0 Å². The van der Waals surface area contributed by atoms with Gasteiger partial charge in [-0.2, -0.15) is 0 Å². The van der Waals surface area contributed by atoms with Gasteiger partial charge in [-0.1, -0.05) is 29.8 Å². The quantitative estimate of drug-likeness (QED) is 0.931. The smallest absolute Gasteiger partial charge is 0.371 e. The Hall–Kier alpha value is -2.27. The summed E-state index contributed by atoms with van der Waals surface area (Å²) in [5.74, 6) is -1.81. The van der Waals surface area contributed by atoms with Gasteiger partial charge in [0.25, 0.3) is 0 Å². The number of aromatic carboxylic acids is 1. The van der Waals surface area contributed by atoms with E-state index in [2.05, 4.69) is 0 Å². The maximum Gasteiger partial charge on any atom is 0.371 e. The van der Waals surface area contributed by atoms with Crippen molar-refractivity contribution in [3.8, 4) is 5.75 Å². The molecule has 0 aliphatic carbocycles. The average Bonchev–Trinajstić information content (AvgIpc) is 2.39. The second kappa shape index (κ2) is 5.58. The predicted octanol–water partition coefficient (Wildman–Crippen LogP) is 2.57. The summed E-state index contributed by atoms with van der Waals surface area (Å²) in [6.07, 6.45) is 0.975. The topological polar surface area (TPSA) is 76.7 Å². The minimum absolute atomic E-state index is 0.0649. The van der Waals surface area contributed by atoms with Gasteiger partial charge in [0.15, 0.2) is 0 Å². The van der Waals surface area contributed by atoms with Crippen molar-refractivity contribution in [2.24, 2.45) is 0 Å². The molecule has 6 heteroatoms. The first-order valence-electron chi connectivity index (χ1n) is 5.30. The molecule has 1 aromatic carbocycles. The Morgan fingerprint density at radius 2 is 2.11 bits per heavy atom. The van der Waals surface area contributed by atoms with Gasteiger partial charge in [0.2, 0.25) is 16.9 Å². The number of rotatable bonds is 4. The molecule has 2 rings (SSSR count). The highest BCUT2D eigenvalue weighted by atomic mass is 35.5. The van der Waals surface area contributed by atoms with Crippen molar-refractivity contribution in [1.82, 2.24) is 0 Å². The molecule has 0 saturated heterocycles. The maximum atomic E-state index is 11.6. The van der Waals surface area contributed by atoms with Crippen molar-refractivity contribution in [3.05, 3.63) is 63.2 Å². The molecule has 5 nitrogen and oxygen atoms in total. The van der Waals surface area contributed by atoms with Gasteiger partial charge in [-0.05, 0) is 6.07 Å². The van der Waals surface area contributed by atoms with Crippen molar-refractivity contribution >= 4 is 17.6 Å². The SMILES string of the molecule is O=C(O)c1cc(=O)c(OCc2ccccc2Cl)co1. The van der Waals surface area contributed by atoms with Gasteiger partial charge in [0.05, 0.1) is 0 Å². The van der Waals surface area contributed by atoms with Crippen molar-refractivity contribution in [1.29, 1.82) is 0 Å². The highest BCUT2D eigenvalue weighted by Crippen LogP contribution is 2.17. The Labute approximate surface area is 113 Å². The maximum absolute atomic E-state index is 11.6. The van der Waals surface area contributed by atoms with E-state index in [1.807, 2.05) is 0 Å². The van der Waals surface area contributed by atoms with E-state index in [9.17, 15) is 9.59 Å². The molecule has 98 valence electrons. The van der Waals surface area contributed by atoms with Crippen LogP contribution >= 0.6 is 11.6 Å². The molecule has 1 aromatic heterocycles. The lowest BCUT2D eigenvalue weighted by molar-refractivity contribution is 0.0658. The molecule has 2 aromatic rings. The third kappa shape index (κ3) is 3.14. The van der Waals surface area contributed by atoms with Crippen LogP contribution in [0.1, 0.15) is 16.1 Å². The lowest BCUT2D eigenvalue weighted by atomic mass is 10.2. The van der Waals surface area contributed by atoms with E-state index in [4.69, 9.17) is 25.9 Å². The van der Waals surface area contributed by atoms with Crippen LogP contribution < -0.4 is 10.2 Å². The molecule has 0 bridgehead atoms. The van der Waals surface area contributed by atoms with Crippen molar-refractivity contribution in [2.45, 2.75) is 6.61 Å². The first kappa shape index (κ1) is 13.2. The molecule has 0 unspecified atom stereocenters. The number of ether oxygens (including phenoxy) is 1. The Kier molecular flexibility index (Phi) is 3.87. The normalized spacial score (nSPS) is 10.2. The fourth-order valence-corrected chi connectivity index (χ4v) is 1.58. The summed E-state index contributed by atoms with van der Waals surface area (Å²) >= 11 is 5.94. The van der Waals surface area contributed by atoms with Crippen LogP contribution in [0.3, 0.4) is 0 Å². The number of hydrogen-bond donors (Lipinski definition) is 1. The number of carbonyl (C=O) groups is 1. The molecule has 0 aliphatic rings. The molecule has 1 heterocycles. The molecule has 0 radical (unpaired) electrons. The van der Waals surface area contributed by atoms with Gasteiger partial charge < -0.3 is 14.3 Å². The van der Waals surface area contributed by atoms with E-state index >= 15 is 0 Å². The Bertz CT molecular complexity index is 662. The molecule has 1 N–H and O–H groups in total. The lowest BCUT2D eigenvalue weighted by Gasteiger charge is -2.06. The first-order chi connectivity index (χ1) is 9.08. The predicted molar refractivity (Wildman–Crippen MR) is 67.7 cm³/mol. The zero-order valence-corrected chi connectivity index (χ0v) is 10.4. The molecule has 19 heavy (non-hydrogen) atoms. The zero-order valence-electron chi connectivity index (χ0n) is 9.63. The molecular weight excluding hydrogens is 272 g/mol. The third-order valence-electron chi connectivity index (χ3n) is 2.35. The highest BCUT2D eigenvalue weighted by molar-refractivity contribution is 6.31. The summed E-state index contributed by atoms with van der Waals surface area (Å²) in [5.41, 5.74) is 0.154. The Morgan fingerprint density at radius 3 is 2.74 bits per heavy atom. The summed E-state index contributed by atoms with van der Waals surface area (Å²) in [5, 5.41) is 9.18. The summed E-state index contributed by atoms with van der Waals surface area (Å²) in [7, 11) is 0. The average molecular weight is 281 g/mol. The molecule has 0 fully saturated rings. The van der Waals surface area contributed by atoms with Crippen LogP contribution in [0.4, 0.5) is 0 Å². The summed E-state index contributed by atoms with van der Waals surface area (Å²) in [6.45, 7) is 0.0941. The van der Waals surface area contributed by atoms with Gasteiger partial charge in [-0.25, -0.2) is 4.79 Å². The monoisotopic (exact) mass is 280 g/mol. The second-order valence-corrected chi connectivity index (χ2v) is 4.07. The molecule has 0 atom stereocenters. The van der Waals surface area contributed by atoms with Gasteiger partial charge in [-0.15, -0.1) is 0 Å². The number of carboxylic acid groups (broad SMARTS) is 1. The van der Waals surface area contributed by atoms with E-state index in [1.54, 1.807) is 24.3 Å². The third-order valence-corrected chi connectivity index (χ3v) is 2.72. The second-order valence-electron chi connectivity index (χ2n) is 3.66. The Morgan fingerprint density at radius 1 is 1.37 bits per heavy atom. The minimum Gasteiger partial charge on any atom is -0.482 e. The molecule has 0 aliphatic heterocycles. The van der Waals surface area contributed by atoms with Crippen molar-refractivity contribution in [2.75, 3.05) is 0 Å². The van der Waals surface area contributed by atoms with Crippen LogP contribution in [0, 0.1) is 0 Å². The Balaban J connectivity index is 2.15. The summed E-state index contributed by atoms with van der Waals surface area (Å²) < 4.78 is 10.0. The highest BCUT2D eigenvalue weighted by Gasteiger charge is 2.10. The lowest BCUT2D eigenvalue weighted by Crippen LogP contribution is -2.10. The number of benzene rings is 1. The standard InChI is InChI=1S/C13H9ClO5/c14-9-4-2-1-3-8(9)6-18-12-7-19-11(13(16)17)5-10(12)15/h1-5,7H,6H2,(H,16,17). The van der Waals surface area contributed by atoms with Gasteiger partial charge in [0, 0.05) is 16.7 Å². The van der Waals surface area contributed by atoms with Crippen LogP contribution in [0.15, 0.2) is 45.8 Å². The number of halogens is 1. The van der Waals surface area contributed by atoms with E-state index in [0.717, 1.165) is 12.3 Å². The fraction of sp³-hybridized carbons (Fsp3) is 0.0769. The summed E-state index contributed by atoms with van der Waals surface area (Å²) in [4.78, 5) is 22.2. The largest absolute Gasteiger partial charge is 0.482 e. The molecule has 0 saturated carbocycles. The summed E-state index contributed by atoms with van der Waals surface area (Å²) in [6, 6.07) is 7.90. The van der Waals surface area contributed by atoms with Crippen LogP contribution in [-0.4, -0.2) is 11.1 Å². The number of carboxylic acids is 1. The first-order valence-corrected chi connectivity index (χ1v) is 5.68. The number of hydrogen-bond acceptors (Lipinski definition) is 4. The fourth-order valence-electron chi connectivity index (χ4n) is 1.39. The van der Waals surface area contributed by atoms with E-state index in [-0.39, 0.29) is 12.4 Å². The van der Waals surface area contributed by atoms with Crippen LogP contribution in [0.2, 0.25) is 5.02 Å². The van der Waals surface area contributed by atoms with Crippen LogP contribution in [0.5, 0.6) is 5.75 Å². The van der Waals surface area contributed by atoms with Crippen molar-refractivity contribution < 1.29 is 19.1 Å². The van der Waals surface area contributed by atoms with Crippen molar-refractivity contribution in [3.63, 3.8) is 0 Å². The molecule has 0 spiro atoms. The van der Waals surface area contributed by atoms with Crippen LogP contribution in [-0.2, 0) is 6.61 Å². The van der Waals surface area contributed by atoms with Gasteiger partial charge >= 0.3 is 5.97 Å². The van der Waals surface area contributed by atoms with Gasteiger partial charge in [-0.3, -0.25) is 4.79 Å². The van der Waals surface area contributed by atoms with E-state index in [0.29, 0.717) is 10.6 Å². The minimum atomic E-state index is -1.31. The van der Waals surface area contributed by atoms with Gasteiger partial charge in [0.1, 0.15) is 12.9 Å². The molecular formula is C13H9ClO5. The zero-order chi connectivity index (χ0) is 13.8. The molecule has 0 amide bonds. The van der Waals surface area contributed by atoms with Crippen LogP contribution in [0.25, 0.3) is 0 Å².